The number of hydrogen-bond acceptors (Lipinski definition) is 3. The van der Waals surface area contributed by atoms with E-state index in [1.807, 2.05) is 14.0 Å². The monoisotopic (exact) mass is 140 g/mol. The van der Waals surface area contributed by atoms with Crippen LogP contribution in [0, 0.1) is 11.3 Å². The van der Waals surface area contributed by atoms with Crippen LogP contribution in [-0.2, 0) is 4.74 Å². The summed E-state index contributed by atoms with van der Waals surface area (Å²) in [6, 6.07) is 2.10. The van der Waals surface area contributed by atoms with Gasteiger partial charge in [-0.05, 0) is 14.0 Å². The first-order chi connectivity index (χ1) is 4.72. The minimum absolute atomic E-state index is 0.198. The quantitative estimate of drug-likeness (QED) is 0.483. The van der Waals surface area contributed by atoms with Gasteiger partial charge >= 0.3 is 0 Å². The number of morpholine rings is 1. The summed E-state index contributed by atoms with van der Waals surface area (Å²) >= 11 is 0. The SMILES string of the molecule is C[C@@H]1CN(C)C[C@H](C#N)O1. The molecule has 3 heteroatoms. The van der Waals surface area contributed by atoms with Gasteiger partial charge in [0.2, 0.25) is 0 Å². The molecule has 56 valence electrons. The smallest absolute Gasteiger partial charge is 0.156 e. The van der Waals surface area contributed by atoms with Gasteiger partial charge in [-0.3, -0.25) is 0 Å². The summed E-state index contributed by atoms with van der Waals surface area (Å²) in [6.45, 7) is 3.65. The van der Waals surface area contributed by atoms with Crippen molar-refractivity contribution in [2.75, 3.05) is 20.1 Å². The third-order valence-corrected chi connectivity index (χ3v) is 1.59. The van der Waals surface area contributed by atoms with E-state index in [2.05, 4.69) is 11.0 Å². The largest absolute Gasteiger partial charge is 0.358 e. The van der Waals surface area contributed by atoms with Crippen LogP contribution in [0.1, 0.15) is 6.92 Å². The molecule has 1 heterocycles. The first-order valence-corrected chi connectivity index (χ1v) is 3.46. The van der Waals surface area contributed by atoms with Gasteiger partial charge in [-0.2, -0.15) is 5.26 Å². The fourth-order valence-electron chi connectivity index (χ4n) is 1.23. The van der Waals surface area contributed by atoms with Gasteiger partial charge < -0.3 is 9.64 Å². The molecule has 1 rings (SSSR count). The Balaban J connectivity index is 2.44. The van der Waals surface area contributed by atoms with E-state index in [0.717, 1.165) is 13.1 Å². The number of ether oxygens (including phenoxy) is 1. The zero-order chi connectivity index (χ0) is 7.56. The van der Waals surface area contributed by atoms with Crippen LogP contribution in [0.15, 0.2) is 0 Å². The normalized spacial score (nSPS) is 35.3. The van der Waals surface area contributed by atoms with Gasteiger partial charge in [0.05, 0.1) is 12.2 Å². The molecule has 0 unspecified atom stereocenters. The number of nitriles is 1. The highest BCUT2D eigenvalue weighted by Gasteiger charge is 2.21. The standard InChI is InChI=1S/C7H12N2O/c1-6-4-9(2)5-7(3-8)10-6/h6-7H,4-5H2,1-2H3/t6-,7+/m1/s1. The maximum Gasteiger partial charge on any atom is 0.156 e. The first-order valence-electron chi connectivity index (χ1n) is 3.46. The molecule has 0 radical (unpaired) electrons. The Morgan fingerprint density at radius 3 is 2.80 bits per heavy atom. The van der Waals surface area contributed by atoms with Crippen molar-refractivity contribution in [2.24, 2.45) is 0 Å². The molecular weight excluding hydrogens is 128 g/mol. The number of nitrogens with zero attached hydrogens (tertiary/aromatic N) is 2. The average Bonchev–Trinajstić information content (AvgIpc) is 1.85. The van der Waals surface area contributed by atoms with E-state index in [1.54, 1.807) is 0 Å². The highest BCUT2D eigenvalue weighted by atomic mass is 16.5. The average molecular weight is 140 g/mol. The van der Waals surface area contributed by atoms with Gasteiger partial charge in [0, 0.05) is 13.1 Å². The number of rotatable bonds is 0. The molecule has 0 bridgehead atoms. The van der Waals surface area contributed by atoms with Gasteiger partial charge in [-0.15, -0.1) is 0 Å². The summed E-state index contributed by atoms with van der Waals surface area (Å²) in [5, 5.41) is 8.52. The Bertz CT molecular complexity index is 142. The van der Waals surface area contributed by atoms with Crippen LogP contribution in [-0.4, -0.2) is 37.2 Å². The van der Waals surface area contributed by atoms with E-state index in [-0.39, 0.29) is 12.2 Å². The van der Waals surface area contributed by atoms with Crippen LogP contribution < -0.4 is 0 Å². The molecule has 0 aromatic rings. The van der Waals surface area contributed by atoms with E-state index in [0.29, 0.717) is 0 Å². The summed E-state index contributed by atoms with van der Waals surface area (Å²) < 4.78 is 5.30. The van der Waals surface area contributed by atoms with E-state index in [1.165, 1.54) is 0 Å². The molecule has 3 nitrogen and oxygen atoms in total. The van der Waals surface area contributed by atoms with E-state index in [4.69, 9.17) is 10.00 Å². The predicted octanol–water partition coefficient (Wildman–Crippen LogP) is 0.229. The molecule has 1 aliphatic rings. The lowest BCUT2D eigenvalue weighted by Crippen LogP contribution is -2.43. The van der Waals surface area contributed by atoms with Crippen molar-refractivity contribution in [3.63, 3.8) is 0 Å². The van der Waals surface area contributed by atoms with E-state index < -0.39 is 0 Å². The lowest BCUT2D eigenvalue weighted by molar-refractivity contribution is -0.0432. The zero-order valence-corrected chi connectivity index (χ0v) is 6.37. The molecule has 0 aromatic heterocycles. The third-order valence-electron chi connectivity index (χ3n) is 1.59. The Labute approximate surface area is 61.2 Å². The Kier molecular flexibility index (Phi) is 2.25. The second kappa shape index (κ2) is 3.00. The highest BCUT2D eigenvalue weighted by molar-refractivity contribution is 4.89. The van der Waals surface area contributed by atoms with Gasteiger partial charge in [0.15, 0.2) is 6.10 Å². The van der Waals surface area contributed by atoms with Crippen LogP contribution >= 0.6 is 0 Å². The number of hydrogen-bond donors (Lipinski definition) is 0. The molecule has 1 fully saturated rings. The Hall–Kier alpha value is -0.590. The molecule has 0 spiro atoms. The van der Waals surface area contributed by atoms with Crippen molar-refractivity contribution < 1.29 is 4.74 Å². The maximum absolute atomic E-state index is 8.52. The van der Waals surface area contributed by atoms with Gasteiger partial charge in [-0.1, -0.05) is 0 Å². The minimum atomic E-state index is -0.228. The molecule has 0 N–H and O–H groups in total. The van der Waals surface area contributed by atoms with Gasteiger partial charge in [0.1, 0.15) is 0 Å². The van der Waals surface area contributed by atoms with Crippen LogP contribution in [0.2, 0.25) is 0 Å². The van der Waals surface area contributed by atoms with Crippen molar-refractivity contribution >= 4 is 0 Å². The summed E-state index contributed by atoms with van der Waals surface area (Å²) in [5.74, 6) is 0. The van der Waals surface area contributed by atoms with Crippen LogP contribution in [0.5, 0.6) is 0 Å². The second-order valence-corrected chi connectivity index (χ2v) is 2.79. The van der Waals surface area contributed by atoms with Crippen molar-refractivity contribution in [3.05, 3.63) is 0 Å². The zero-order valence-electron chi connectivity index (χ0n) is 6.37. The van der Waals surface area contributed by atoms with Gasteiger partial charge in [0.25, 0.3) is 0 Å². The maximum atomic E-state index is 8.52. The third kappa shape index (κ3) is 1.69. The molecule has 0 amide bonds. The van der Waals surface area contributed by atoms with E-state index >= 15 is 0 Å². The Morgan fingerprint density at radius 1 is 1.60 bits per heavy atom. The second-order valence-electron chi connectivity index (χ2n) is 2.79. The van der Waals surface area contributed by atoms with Gasteiger partial charge in [-0.25, -0.2) is 0 Å². The van der Waals surface area contributed by atoms with Crippen molar-refractivity contribution in [2.45, 2.75) is 19.1 Å². The summed E-state index contributed by atoms with van der Waals surface area (Å²) in [7, 11) is 2.00. The molecule has 1 aliphatic heterocycles. The molecule has 0 saturated carbocycles. The lowest BCUT2D eigenvalue weighted by atomic mass is 10.2. The summed E-state index contributed by atoms with van der Waals surface area (Å²) in [4.78, 5) is 2.11. The van der Waals surface area contributed by atoms with Crippen LogP contribution in [0.4, 0.5) is 0 Å². The van der Waals surface area contributed by atoms with Crippen molar-refractivity contribution in [1.82, 2.24) is 4.90 Å². The molecule has 10 heavy (non-hydrogen) atoms. The van der Waals surface area contributed by atoms with Crippen molar-refractivity contribution in [1.29, 1.82) is 5.26 Å². The van der Waals surface area contributed by atoms with Crippen LogP contribution in [0.25, 0.3) is 0 Å². The first kappa shape index (κ1) is 7.52. The minimum Gasteiger partial charge on any atom is -0.358 e. The Morgan fingerprint density at radius 2 is 2.30 bits per heavy atom. The molecule has 0 aromatic carbocycles. The van der Waals surface area contributed by atoms with Crippen LogP contribution in [0.3, 0.4) is 0 Å². The van der Waals surface area contributed by atoms with E-state index in [9.17, 15) is 0 Å². The predicted molar refractivity (Wildman–Crippen MR) is 37.4 cm³/mol. The molecule has 2 atom stereocenters. The summed E-state index contributed by atoms with van der Waals surface area (Å²) in [6.07, 6.45) is -0.0304. The fraction of sp³-hybridized carbons (Fsp3) is 0.857. The topological polar surface area (TPSA) is 36.3 Å². The lowest BCUT2D eigenvalue weighted by Gasteiger charge is -2.30. The molecule has 0 aliphatic carbocycles. The summed E-state index contributed by atoms with van der Waals surface area (Å²) in [5.41, 5.74) is 0. The molecular formula is C7H12N2O. The van der Waals surface area contributed by atoms with Crippen molar-refractivity contribution in [3.8, 4) is 6.07 Å². The number of likely N-dealkylation sites (N-methyl/N-ethyl adjacent to an activating group) is 1. The fourth-order valence-corrected chi connectivity index (χ4v) is 1.23. The highest BCUT2D eigenvalue weighted by Crippen LogP contribution is 2.07. The molecule has 1 saturated heterocycles.